The van der Waals surface area contributed by atoms with Crippen LogP contribution in [0.3, 0.4) is 0 Å². The molecule has 35 heavy (non-hydrogen) atoms. The number of likely N-dealkylation sites (tertiary alicyclic amines) is 1. The highest BCUT2D eigenvalue weighted by Gasteiger charge is 2.54. The van der Waals surface area contributed by atoms with Crippen LogP contribution in [-0.2, 0) is 9.53 Å². The third-order valence-electron chi connectivity index (χ3n) is 7.06. The second-order valence-electron chi connectivity index (χ2n) is 9.38. The van der Waals surface area contributed by atoms with Crippen LogP contribution < -0.4 is 5.32 Å². The summed E-state index contributed by atoms with van der Waals surface area (Å²) in [6.07, 6.45) is 1.63. The normalized spacial score (nSPS) is 20.1. The molecule has 0 bridgehead atoms. The lowest BCUT2D eigenvalue weighted by atomic mass is 9.95. The molecular formula is C27H32ClN3O4. The molecule has 3 amide bonds. The van der Waals surface area contributed by atoms with Gasteiger partial charge in [0.15, 0.2) is 0 Å². The van der Waals surface area contributed by atoms with Crippen LogP contribution in [0.2, 0.25) is 5.02 Å². The fourth-order valence-corrected chi connectivity index (χ4v) is 5.00. The average molecular weight is 498 g/mol. The molecule has 186 valence electrons. The minimum Gasteiger partial charge on any atom is -0.353 e. The van der Waals surface area contributed by atoms with E-state index in [-0.39, 0.29) is 30.4 Å². The molecule has 7 nitrogen and oxygen atoms in total. The Bertz CT molecular complexity index is 1110. The summed E-state index contributed by atoms with van der Waals surface area (Å²) in [6.45, 7) is 6.77. The third-order valence-corrected chi connectivity index (χ3v) is 7.30. The van der Waals surface area contributed by atoms with Crippen LogP contribution in [0.5, 0.6) is 0 Å². The molecule has 2 aliphatic rings. The van der Waals surface area contributed by atoms with Crippen LogP contribution in [0, 0.1) is 6.92 Å². The Balaban J connectivity index is 1.59. The number of aryl methyl sites for hydroxylation is 1. The molecule has 2 aromatic rings. The molecule has 2 saturated heterocycles. The predicted octanol–water partition coefficient (Wildman–Crippen LogP) is 4.04. The Kier molecular flexibility index (Phi) is 7.47. The first-order valence-corrected chi connectivity index (χ1v) is 12.5. The summed E-state index contributed by atoms with van der Waals surface area (Å²) in [5.74, 6) is -0.543. The largest absolute Gasteiger partial charge is 0.353 e. The summed E-state index contributed by atoms with van der Waals surface area (Å²) in [4.78, 5) is 43.5. The SMILES string of the molecule is CC[C@H](C)NC(=O)[C@H]1COC2(CCN(C(=O)c3cccc(Cl)c3)CC2)N1C(=O)c1ccccc1C. The van der Waals surface area contributed by atoms with Crippen molar-refractivity contribution in [2.24, 2.45) is 0 Å². The predicted molar refractivity (Wildman–Crippen MR) is 134 cm³/mol. The number of piperidine rings is 1. The zero-order valence-corrected chi connectivity index (χ0v) is 21.2. The van der Waals surface area contributed by atoms with E-state index in [0.717, 1.165) is 12.0 Å². The van der Waals surface area contributed by atoms with E-state index in [1.807, 2.05) is 39.0 Å². The van der Waals surface area contributed by atoms with Gasteiger partial charge < -0.3 is 15.0 Å². The number of carbonyl (C=O) groups is 3. The zero-order chi connectivity index (χ0) is 25.2. The van der Waals surface area contributed by atoms with Gasteiger partial charge in [-0.25, -0.2) is 0 Å². The van der Waals surface area contributed by atoms with Crippen molar-refractivity contribution in [3.05, 3.63) is 70.2 Å². The Hall–Kier alpha value is -2.90. The fourth-order valence-electron chi connectivity index (χ4n) is 4.81. The molecule has 0 aromatic heterocycles. The van der Waals surface area contributed by atoms with Crippen LogP contribution >= 0.6 is 11.6 Å². The minimum atomic E-state index is -0.943. The molecule has 0 radical (unpaired) electrons. The Labute approximate surface area is 211 Å². The molecule has 2 atom stereocenters. The van der Waals surface area contributed by atoms with Crippen LogP contribution in [-0.4, -0.2) is 65.0 Å². The summed E-state index contributed by atoms with van der Waals surface area (Å²) < 4.78 is 6.26. The third kappa shape index (κ3) is 5.07. The molecule has 2 aromatic carbocycles. The van der Waals surface area contributed by atoms with Crippen LogP contribution in [0.1, 0.15) is 59.4 Å². The van der Waals surface area contributed by atoms with E-state index >= 15 is 0 Å². The number of rotatable bonds is 5. The Morgan fingerprint density at radius 2 is 1.83 bits per heavy atom. The van der Waals surface area contributed by atoms with E-state index in [0.29, 0.717) is 42.1 Å². The second-order valence-corrected chi connectivity index (χ2v) is 9.82. The van der Waals surface area contributed by atoms with Gasteiger partial charge in [-0.3, -0.25) is 19.3 Å². The summed E-state index contributed by atoms with van der Waals surface area (Å²) in [5.41, 5.74) is 0.979. The molecule has 2 fully saturated rings. The standard InChI is InChI=1S/C27H32ClN3O4/c1-4-19(3)29-24(32)23-17-35-27(31(23)26(34)22-11-6-5-8-18(22)2)12-14-30(15-13-27)25(33)20-9-7-10-21(28)16-20/h5-11,16,19,23H,4,12-15,17H2,1-3H3,(H,29,32)/t19-,23+/m0/s1. The maximum absolute atomic E-state index is 13.9. The smallest absolute Gasteiger partial charge is 0.257 e. The topological polar surface area (TPSA) is 79.0 Å². The van der Waals surface area contributed by atoms with E-state index in [1.165, 1.54) is 0 Å². The van der Waals surface area contributed by atoms with E-state index in [9.17, 15) is 14.4 Å². The Morgan fingerprint density at radius 1 is 1.11 bits per heavy atom. The first-order chi connectivity index (χ1) is 16.8. The number of nitrogens with one attached hydrogen (secondary N) is 1. The number of carbonyl (C=O) groups excluding carboxylic acids is 3. The summed E-state index contributed by atoms with van der Waals surface area (Å²) in [5, 5.41) is 3.52. The van der Waals surface area contributed by atoms with Gasteiger partial charge in [0.2, 0.25) is 5.91 Å². The molecule has 0 unspecified atom stereocenters. The molecule has 2 aliphatic heterocycles. The van der Waals surface area contributed by atoms with Crippen LogP contribution in [0.25, 0.3) is 0 Å². The monoisotopic (exact) mass is 497 g/mol. The highest BCUT2D eigenvalue weighted by Crippen LogP contribution is 2.39. The molecule has 1 N–H and O–H groups in total. The van der Waals surface area contributed by atoms with Crippen molar-refractivity contribution in [3.63, 3.8) is 0 Å². The zero-order valence-electron chi connectivity index (χ0n) is 20.4. The lowest BCUT2D eigenvalue weighted by molar-refractivity contribution is -0.128. The van der Waals surface area contributed by atoms with E-state index in [4.69, 9.17) is 16.3 Å². The van der Waals surface area contributed by atoms with Crippen molar-refractivity contribution < 1.29 is 19.1 Å². The van der Waals surface area contributed by atoms with E-state index in [1.54, 1.807) is 40.1 Å². The first-order valence-electron chi connectivity index (χ1n) is 12.1. The highest BCUT2D eigenvalue weighted by atomic mass is 35.5. The number of hydrogen-bond donors (Lipinski definition) is 1. The number of benzene rings is 2. The van der Waals surface area contributed by atoms with Gasteiger partial charge in [-0.05, 0) is 50.1 Å². The molecule has 1 spiro atoms. The summed E-state index contributed by atoms with van der Waals surface area (Å²) in [7, 11) is 0. The number of halogens is 1. The molecular weight excluding hydrogens is 466 g/mol. The van der Waals surface area contributed by atoms with Gasteiger partial charge in [-0.1, -0.05) is 42.8 Å². The molecule has 0 saturated carbocycles. The van der Waals surface area contributed by atoms with Gasteiger partial charge in [-0.15, -0.1) is 0 Å². The van der Waals surface area contributed by atoms with Crippen molar-refractivity contribution in [2.45, 2.75) is 57.8 Å². The van der Waals surface area contributed by atoms with Crippen molar-refractivity contribution in [2.75, 3.05) is 19.7 Å². The van der Waals surface area contributed by atoms with Gasteiger partial charge >= 0.3 is 0 Å². The van der Waals surface area contributed by atoms with Gasteiger partial charge in [0, 0.05) is 48.1 Å². The molecule has 4 rings (SSSR count). The first kappa shape index (κ1) is 25.2. The maximum Gasteiger partial charge on any atom is 0.257 e. The number of amides is 3. The lowest BCUT2D eigenvalue weighted by Crippen LogP contribution is -2.60. The van der Waals surface area contributed by atoms with Gasteiger partial charge in [0.1, 0.15) is 11.8 Å². The maximum atomic E-state index is 13.9. The summed E-state index contributed by atoms with van der Waals surface area (Å²) in [6, 6.07) is 13.5. The molecule has 2 heterocycles. The van der Waals surface area contributed by atoms with Crippen molar-refractivity contribution in [1.29, 1.82) is 0 Å². The Morgan fingerprint density at radius 3 is 2.49 bits per heavy atom. The highest BCUT2D eigenvalue weighted by molar-refractivity contribution is 6.30. The van der Waals surface area contributed by atoms with Crippen molar-refractivity contribution in [3.8, 4) is 0 Å². The van der Waals surface area contributed by atoms with Crippen molar-refractivity contribution >= 4 is 29.3 Å². The summed E-state index contributed by atoms with van der Waals surface area (Å²) >= 11 is 6.07. The molecule has 0 aliphatic carbocycles. The van der Waals surface area contributed by atoms with E-state index in [2.05, 4.69) is 5.32 Å². The quantitative estimate of drug-likeness (QED) is 0.676. The van der Waals surface area contributed by atoms with Crippen LogP contribution in [0.4, 0.5) is 0 Å². The molecule has 8 heteroatoms. The number of nitrogens with zero attached hydrogens (tertiary/aromatic N) is 2. The number of hydrogen-bond acceptors (Lipinski definition) is 4. The fraction of sp³-hybridized carbons (Fsp3) is 0.444. The van der Waals surface area contributed by atoms with Gasteiger partial charge in [0.25, 0.3) is 11.8 Å². The van der Waals surface area contributed by atoms with Gasteiger partial charge in [-0.2, -0.15) is 0 Å². The van der Waals surface area contributed by atoms with Gasteiger partial charge in [0.05, 0.1) is 6.61 Å². The van der Waals surface area contributed by atoms with Crippen LogP contribution in [0.15, 0.2) is 48.5 Å². The minimum absolute atomic E-state index is 0.00775. The van der Waals surface area contributed by atoms with Crippen molar-refractivity contribution in [1.82, 2.24) is 15.1 Å². The number of ether oxygens (including phenoxy) is 1. The lowest BCUT2D eigenvalue weighted by Gasteiger charge is -2.44. The average Bonchev–Trinajstić information content (AvgIpc) is 3.22. The second kappa shape index (κ2) is 10.4. The van der Waals surface area contributed by atoms with E-state index < -0.39 is 11.8 Å².